The van der Waals surface area contributed by atoms with Gasteiger partial charge in [0.05, 0.1) is 89.0 Å². The molecule has 1 N–H and O–H groups in total. The first-order chi connectivity index (χ1) is 68.5. The van der Waals surface area contributed by atoms with E-state index in [0.29, 0.717) is 107 Å². The predicted octanol–water partition coefficient (Wildman–Crippen LogP) is 22.4. The molecule has 4 aromatic heterocycles. The molecule has 0 aliphatic carbocycles. The molecule has 0 amide bonds. The number of benzene rings is 8. The second-order valence-corrected chi connectivity index (χ2v) is 50.0. The Hall–Kier alpha value is -11.9. The normalized spacial score (nSPS) is 12.1. The van der Waals surface area contributed by atoms with Crippen molar-refractivity contribution in [3.05, 3.63) is 322 Å². The third-order valence-corrected chi connectivity index (χ3v) is 28.5. The molecule has 0 aliphatic heterocycles. The van der Waals surface area contributed by atoms with Crippen LogP contribution in [0.3, 0.4) is 0 Å². The largest absolute Gasteiger partial charge is 0.504 e. The maximum absolute atomic E-state index is 12.2. The molecule has 146 heavy (non-hydrogen) atoms. The van der Waals surface area contributed by atoms with Crippen molar-refractivity contribution in [2.45, 2.75) is 196 Å². The zero-order valence-corrected chi connectivity index (χ0v) is 92.1. The molecule has 12 rings (SSSR count). The first-order valence-corrected chi connectivity index (χ1v) is 56.2. The fraction of sp³-hybridized carbons (Fsp3) is 0.358. The first kappa shape index (κ1) is 118. The van der Waals surface area contributed by atoms with Gasteiger partial charge in [0.25, 0.3) is 0 Å². The molecular formula is C106H113Cl7N12O17S4. The van der Waals surface area contributed by atoms with Crippen LogP contribution in [0.25, 0.3) is 0 Å². The lowest BCUT2D eigenvalue weighted by Crippen LogP contribution is -2.21. The molecule has 8 aromatic carbocycles. The van der Waals surface area contributed by atoms with Gasteiger partial charge in [-0.2, -0.15) is 21.0 Å². The highest BCUT2D eigenvalue weighted by Gasteiger charge is 2.33. The summed E-state index contributed by atoms with van der Waals surface area (Å²) in [5, 5.41) is 49.7. The van der Waals surface area contributed by atoms with E-state index >= 15 is 0 Å². The van der Waals surface area contributed by atoms with Gasteiger partial charge in [0.1, 0.15) is 132 Å². The highest BCUT2D eigenvalue weighted by Crippen LogP contribution is 2.46. The van der Waals surface area contributed by atoms with Gasteiger partial charge < -0.3 is 43.0 Å². The average molecular weight is 2200 g/mol. The van der Waals surface area contributed by atoms with Crippen LogP contribution in [-0.2, 0) is 110 Å². The van der Waals surface area contributed by atoms with E-state index in [2.05, 4.69) is 78.0 Å². The molecule has 1 unspecified atom stereocenters. The Balaban J connectivity index is 0.000000217. The smallest absolute Gasteiger partial charge is 0.161 e. The zero-order valence-electron chi connectivity index (χ0n) is 83.6. The summed E-state index contributed by atoms with van der Waals surface area (Å²) in [5.41, 5.74) is 8.83. The summed E-state index contributed by atoms with van der Waals surface area (Å²) < 4.78 is 138. The lowest BCUT2D eigenvalue weighted by atomic mass is 9.77. The van der Waals surface area contributed by atoms with Crippen molar-refractivity contribution >= 4 is 121 Å². The number of halogens is 7. The zero-order chi connectivity index (χ0) is 108. The summed E-state index contributed by atoms with van der Waals surface area (Å²) in [6, 6.07) is 57.5. The molecule has 1 atom stereocenters. The van der Waals surface area contributed by atoms with Crippen molar-refractivity contribution in [3.63, 3.8) is 0 Å². The second-order valence-electron chi connectivity index (χ2n) is 36.8. The number of alkyl halides is 3. The van der Waals surface area contributed by atoms with Crippen molar-refractivity contribution in [2.24, 2.45) is 0 Å². The van der Waals surface area contributed by atoms with E-state index in [0.717, 1.165) is 76.1 Å². The van der Waals surface area contributed by atoms with Gasteiger partial charge >= 0.3 is 0 Å². The van der Waals surface area contributed by atoms with Gasteiger partial charge in [-0.15, -0.1) is 11.6 Å². The van der Waals surface area contributed by atoms with Crippen LogP contribution in [0.1, 0.15) is 223 Å². The number of phenolic OH excluding ortho intramolecular Hbond substituents is 1. The van der Waals surface area contributed by atoms with E-state index in [-0.39, 0.29) is 114 Å². The molecule has 0 saturated carbocycles. The Morgan fingerprint density at radius 2 is 0.630 bits per heavy atom. The SMILES string of the molecule is CC(Cl)(Cl)COc1c(Cl)cc(C(C)(C)c2ccc(OCc3ccnc(CS(C)(=O)=O)n3)cc2)cc1C#N.CC(Cl)COc1c(Cl)cc(C(C)(C)c2ccc(OCc3ccnc(CS(C)(=O)=O)n3)cc2)cc1C#N.CCCOc1c(Cl)cc(C(C)(C)c2ccc(O)c(OCc3ccnc(CS(C)(=O)=O)n3)c2)cc1C#N.CCCOc1c(Cl)cc(C(C)(C)c2ccc(OCc3ccnc(CS(=O)(=O)C(C)C)n3)cc2)cc1C#N. The van der Waals surface area contributed by atoms with Crippen LogP contribution < -0.4 is 37.9 Å². The van der Waals surface area contributed by atoms with Gasteiger partial charge in [-0.1, -0.05) is 181 Å². The van der Waals surface area contributed by atoms with Crippen molar-refractivity contribution < 1.29 is 76.7 Å². The number of phenols is 1. The fourth-order valence-electron chi connectivity index (χ4n) is 14.2. The van der Waals surface area contributed by atoms with Crippen molar-refractivity contribution in [1.82, 2.24) is 39.9 Å². The highest BCUT2D eigenvalue weighted by atomic mass is 35.5. The minimum atomic E-state index is -3.29. The number of hydrogen-bond acceptors (Lipinski definition) is 29. The van der Waals surface area contributed by atoms with E-state index in [4.69, 9.17) is 119 Å². The minimum absolute atomic E-state index is 0.00456. The van der Waals surface area contributed by atoms with Crippen LogP contribution in [0.2, 0.25) is 20.1 Å². The lowest BCUT2D eigenvalue weighted by Gasteiger charge is -2.28. The molecule has 0 spiro atoms. The lowest BCUT2D eigenvalue weighted by molar-refractivity contribution is 0.283. The summed E-state index contributed by atoms with van der Waals surface area (Å²) >= 11 is 43.9. The van der Waals surface area contributed by atoms with E-state index in [1.807, 2.05) is 146 Å². The maximum atomic E-state index is 12.2. The van der Waals surface area contributed by atoms with E-state index in [1.54, 1.807) is 101 Å². The summed E-state index contributed by atoms with van der Waals surface area (Å²) in [7, 11) is -13.0. The van der Waals surface area contributed by atoms with Crippen LogP contribution in [-0.4, -0.2) is 139 Å². The summed E-state index contributed by atoms with van der Waals surface area (Å²) in [4.78, 5) is 33.1. The van der Waals surface area contributed by atoms with Gasteiger partial charge in [-0.05, 0) is 206 Å². The van der Waals surface area contributed by atoms with E-state index in [1.165, 1.54) is 24.7 Å². The molecule has 0 saturated heterocycles. The molecule has 772 valence electrons. The maximum Gasteiger partial charge on any atom is 0.161 e. The number of rotatable bonds is 41. The van der Waals surface area contributed by atoms with E-state index < -0.39 is 70.6 Å². The molecule has 0 fully saturated rings. The quantitative estimate of drug-likeness (QED) is 0.0348. The van der Waals surface area contributed by atoms with Crippen LogP contribution in [0, 0.1) is 45.3 Å². The fourth-order valence-corrected chi connectivity index (χ4v) is 18.1. The van der Waals surface area contributed by atoms with Gasteiger partial charge in [-0.25, -0.2) is 73.5 Å². The molecule has 40 heteroatoms. The number of aromatic hydroxyl groups is 1. The number of nitrogens with zero attached hydrogens (tertiary/aromatic N) is 12. The average Bonchev–Trinajstić information content (AvgIpc) is 0.787. The van der Waals surface area contributed by atoms with Crippen LogP contribution in [0.15, 0.2) is 189 Å². The number of sulfone groups is 4. The van der Waals surface area contributed by atoms with Crippen molar-refractivity contribution in [3.8, 4) is 76.0 Å². The Morgan fingerprint density at radius 1 is 0.356 bits per heavy atom. The van der Waals surface area contributed by atoms with Crippen LogP contribution >= 0.6 is 81.2 Å². The number of nitriles is 4. The topological polar surface area (TPSA) is 429 Å². The van der Waals surface area contributed by atoms with Gasteiger partial charge in [0, 0.05) is 65.2 Å². The molecular weight excluding hydrogens is 2090 g/mol. The molecule has 0 bridgehead atoms. The Morgan fingerprint density at radius 3 is 0.904 bits per heavy atom. The molecule has 12 aromatic rings. The number of ether oxygens (including phenoxy) is 8. The summed E-state index contributed by atoms with van der Waals surface area (Å²) in [6.07, 6.45) is 11.0. The number of aromatic nitrogens is 8. The van der Waals surface area contributed by atoms with Crippen LogP contribution in [0.4, 0.5) is 0 Å². The van der Waals surface area contributed by atoms with Gasteiger partial charge in [-0.3, -0.25) is 0 Å². The first-order valence-electron chi connectivity index (χ1n) is 45.6. The Labute approximate surface area is 889 Å². The monoisotopic (exact) mass is 2200 g/mol. The molecule has 0 aliphatic rings. The van der Waals surface area contributed by atoms with Crippen LogP contribution in [0.5, 0.6) is 51.7 Å². The molecule has 4 heterocycles. The number of hydrogen-bond donors (Lipinski definition) is 1. The summed E-state index contributed by atoms with van der Waals surface area (Å²) in [6.45, 7) is 28.5. The Kier molecular flexibility index (Phi) is 41.6. The van der Waals surface area contributed by atoms with Crippen molar-refractivity contribution in [1.29, 1.82) is 21.0 Å². The highest BCUT2D eigenvalue weighted by molar-refractivity contribution is 7.91. The Bertz CT molecular complexity index is 7290. The third kappa shape index (κ3) is 34.6. The molecule has 0 radical (unpaired) electrons. The van der Waals surface area contributed by atoms with E-state index in [9.17, 15) is 59.8 Å². The van der Waals surface area contributed by atoms with Crippen molar-refractivity contribution in [2.75, 3.05) is 45.2 Å². The van der Waals surface area contributed by atoms with Gasteiger partial charge in [0.2, 0.25) is 0 Å². The minimum Gasteiger partial charge on any atom is -0.504 e. The third-order valence-electron chi connectivity index (χ3n) is 22.6. The molecule has 29 nitrogen and oxygen atoms in total. The second kappa shape index (κ2) is 51.6. The standard InChI is InChI=1S/C28H32ClN3O4S.C26H26Cl3N3O4S.C26H27Cl2N3O4S.C26H28ClN3O5S/c1-6-13-35-27-20(16-30)14-22(15-25(27)29)28(4,5)21-7-9-24(10-8-21)36-17-23-11-12-31-26(32-23)18-37(33,34)19(2)3;1-25(2,19-11-17(13-30)24(22(27)12-19)36-16-26(3,28)29)18-5-7-21(8-6-18)35-14-20-9-10-31-23(32-20)15-37(4,33)34;1-17(27)14-35-25-18(13-29)11-20(12-23(25)28)26(2,3)19-5-7-22(8-6-19)34-15-21-9-10-30-24(31-21)16-36(4,32)33;1-5-10-34-25-17(14-28)11-19(12-21(25)27)26(2,3)18-6-7-22(31)23(13-18)35-15-20-8-9-29-24(30-20)16-36(4,32)33/h7-12,14-15,19H,6,13,17-18H2,1-5H3;5-12H,14-16H2,1-4H3;5-12,17H,14-16H2,1-4H3;6-9,11-13,31H,5,10,15-16H2,1-4H3. The summed E-state index contributed by atoms with van der Waals surface area (Å²) in [5.74, 6) is 3.41. The predicted molar refractivity (Wildman–Crippen MR) is 567 cm³/mol. The van der Waals surface area contributed by atoms with Gasteiger partial charge in [0.15, 0.2) is 73.8 Å².